The minimum Gasteiger partial charge on any atom is -0.478 e. The van der Waals surface area contributed by atoms with Crippen molar-refractivity contribution < 1.29 is 19.4 Å². The standard InChI is InChI=1S/C11H14O4/c1-2-11(14,7-3-4-7)9-8(10(12)13)5-6-15-9/h5-7,14H,2-4H2,1H3,(H,12,13). The van der Waals surface area contributed by atoms with Crippen molar-refractivity contribution in [3.8, 4) is 0 Å². The number of carboxylic acids is 1. The van der Waals surface area contributed by atoms with Gasteiger partial charge < -0.3 is 14.6 Å². The summed E-state index contributed by atoms with van der Waals surface area (Å²) in [6.07, 6.45) is 3.67. The minimum atomic E-state index is -1.10. The Hall–Kier alpha value is -1.29. The van der Waals surface area contributed by atoms with E-state index in [-0.39, 0.29) is 17.2 Å². The summed E-state index contributed by atoms with van der Waals surface area (Å²) in [4.78, 5) is 10.9. The Labute approximate surface area is 87.5 Å². The van der Waals surface area contributed by atoms with Gasteiger partial charge in [-0.2, -0.15) is 0 Å². The molecule has 0 saturated heterocycles. The van der Waals surface area contributed by atoms with Crippen LogP contribution < -0.4 is 0 Å². The summed E-state index contributed by atoms with van der Waals surface area (Å²) < 4.78 is 5.15. The molecule has 1 saturated carbocycles. The highest BCUT2D eigenvalue weighted by Gasteiger charge is 2.47. The normalized spacial score (nSPS) is 19.9. The number of hydrogen-bond donors (Lipinski definition) is 2. The van der Waals surface area contributed by atoms with Crippen molar-refractivity contribution >= 4 is 5.97 Å². The van der Waals surface area contributed by atoms with Crippen LogP contribution in [0.2, 0.25) is 0 Å². The molecule has 4 heteroatoms. The largest absolute Gasteiger partial charge is 0.478 e. The van der Waals surface area contributed by atoms with Crippen LogP contribution in [0.25, 0.3) is 0 Å². The first-order valence-electron chi connectivity index (χ1n) is 5.13. The smallest absolute Gasteiger partial charge is 0.339 e. The summed E-state index contributed by atoms with van der Waals surface area (Å²) in [7, 11) is 0. The molecule has 1 heterocycles. The molecule has 15 heavy (non-hydrogen) atoms. The first kappa shape index (κ1) is 10.2. The van der Waals surface area contributed by atoms with E-state index in [1.807, 2.05) is 6.92 Å². The molecular weight excluding hydrogens is 196 g/mol. The van der Waals surface area contributed by atoms with Gasteiger partial charge in [0.05, 0.1) is 6.26 Å². The van der Waals surface area contributed by atoms with Gasteiger partial charge in [0.1, 0.15) is 16.9 Å². The average Bonchev–Trinajstić information content (AvgIpc) is 2.94. The molecule has 2 N–H and O–H groups in total. The van der Waals surface area contributed by atoms with Crippen LogP contribution in [0.1, 0.15) is 42.3 Å². The van der Waals surface area contributed by atoms with Crippen molar-refractivity contribution in [1.29, 1.82) is 0 Å². The van der Waals surface area contributed by atoms with Crippen LogP contribution in [-0.2, 0) is 5.60 Å². The highest BCUT2D eigenvalue weighted by molar-refractivity contribution is 5.89. The molecule has 1 aromatic rings. The molecule has 1 unspecified atom stereocenters. The van der Waals surface area contributed by atoms with E-state index in [1.165, 1.54) is 12.3 Å². The number of rotatable bonds is 4. The van der Waals surface area contributed by atoms with Gasteiger partial charge in [0, 0.05) is 0 Å². The van der Waals surface area contributed by atoms with Gasteiger partial charge in [-0.15, -0.1) is 0 Å². The lowest BCUT2D eigenvalue weighted by molar-refractivity contribution is -0.0130. The van der Waals surface area contributed by atoms with Crippen LogP contribution in [-0.4, -0.2) is 16.2 Å². The van der Waals surface area contributed by atoms with Gasteiger partial charge in [0.25, 0.3) is 0 Å². The summed E-state index contributed by atoms with van der Waals surface area (Å²) in [5, 5.41) is 19.3. The van der Waals surface area contributed by atoms with Crippen molar-refractivity contribution in [2.24, 2.45) is 5.92 Å². The SMILES string of the molecule is CCC(O)(c1occc1C(=O)O)C1CC1. The average molecular weight is 210 g/mol. The van der Waals surface area contributed by atoms with Crippen molar-refractivity contribution in [3.63, 3.8) is 0 Å². The summed E-state index contributed by atoms with van der Waals surface area (Å²) in [6.45, 7) is 1.84. The van der Waals surface area contributed by atoms with E-state index in [2.05, 4.69) is 0 Å². The number of hydrogen-bond acceptors (Lipinski definition) is 3. The molecule has 0 aromatic carbocycles. The zero-order valence-corrected chi connectivity index (χ0v) is 8.56. The lowest BCUT2D eigenvalue weighted by Gasteiger charge is -2.24. The van der Waals surface area contributed by atoms with Crippen molar-refractivity contribution in [2.45, 2.75) is 31.8 Å². The highest BCUT2D eigenvalue weighted by Crippen LogP contribution is 2.48. The second-order valence-electron chi connectivity index (χ2n) is 4.02. The van der Waals surface area contributed by atoms with Crippen LogP contribution in [0.5, 0.6) is 0 Å². The number of carboxylic acid groups (broad SMARTS) is 1. The molecule has 4 nitrogen and oxygen atoms in total. The second-order valence-corrected chi connectivity index (χ2v) is 4.02. The first-order chi connectivity index (χ1) is 7.09. The maximum atomic E-state index is 10.9. The Kier molecular flexibility index (Phi) is 2.31. The third kappa shape index (κ3) is 1.55. The van der Waals surface area contributed by atoms with Gasteiger partial charge in [-0.25, -0.2) is 4.79 Å². The van der Waals surface area contributed by atoms with Gasteiger partial charge in [0.15, 0.2) is 0 Å². The zero-order valence-electron chi connectivity index (χ0n) is 8.56. The van der Waals surface area contributed by atoms with Crippen LogP contribution in [0, 0.1) is 5.92 Å². The fourth-order valence-corrected chi connectivity index (χ4v) is 2.01. The van der Waals surface area contributed by atoms with E-state index < -0.39 is 11.6 Å². The Morgan fingerprint density at radius 1 is 1.67 bits per heavy atom. The van der Waals surface area contributed by atoms with Crippen LogP contribution >= 0.6 is 0 Å². The van der Waals surface area contributed by atoms with Gasteiger partial charge >= 0.3 is 5.97 Å². The molecule has 0 bridgehead atoms. The molecule has 0 spiro atoms. The lowest BCUT2D eigenvalue weighted by atomic mass is 9.89. The van der Waals surface area contributed by atoms with E-state index in [1.54, 1.807) is 0 Å². The Morgan fingerprint density at radius 3 is 2.80 bits per heavy atom. The fourth-order valence-electron chi connectivity index (χ4n) is 2.01. The highest BCUT2D eigenvalue weighted by atomic mass is 16.4. The Bertz CT molecular complexity index is 378. The predicted octanol–water partition coefficient (Wildman–Crippen LogP) is 1.99. The van der Waals surface area contributed by atoms with E-state index >= 15 is 0 Å². The van der Waals surface area contributed by atoms with E-state index in [4.69, 9.17) is 9.52 Å². The molecule has 82 valence electrons. The summed E-state index contributed by atoms with van der Waals surface area (Å²) in [5.41, 5.74) is -1.02. The zero-order chi connectivity index (χ0) is 11.1. The molecule has 0 radical (unpaired) electrons. The van der Waals surface area contributed by atoms with Gasteiger partial charge in [-0.1, -0.05) is 6.92 Å². The van der Waals surface area contributed by atoms with Crippen molar-refractivity contribution in [1.82, 2.24) is 0 Å². The lowest BCUT2D eigenvalue weighted by Crippen LogP contribution is -2.28. The van der Waals surface area contributed by atoms with Crippen molar-refractivity contribution in [3.05, 3.63) is 23.7 Å². The monoisotopic (exact) mass is 210 g/mol. The van der Waals surface area contributed by atoms with Crippen LogP contribution in [0.3, 0.4) is 0 Å². The van der Waals surface area contributed by atoms with Crippen LogP contribution in [0.15, 0.2) is 16.7 Å². The number of aliphatic hydroxyl groups is 1. The van der Waals surface area contributed by atoms with E-state index in [9.17, 15) is 9.90 Å². The van der Waals surface area contributed by atoms with Gasteiger partial charge in [0.2, 0.25) is 0 Å². The van der Waals surface area contributed by atoms with Crippen LogP contribution in [0.4, 0.5) is 0 Å². The molecule has 1 aliphatic carbocycles. The van der Waals surface area contributed by atoms with Gasteiger partial charge in [-0.05, 0) is 31.2 Å². The number of carbonyl (C=O) groups is 1. The van der Waals surface area contributed by atoms with E-state index in [0.717, 1.165) is 12.8 Å². The molecule has 0 amide bonds. The maximum Gasteiger partial charge on any atom is 0.339 e. The third-order valence-electron chi connectivity index (χ3n) is 3.08. The summed E-state index contributed by atoms with van der Waals surface area (Å²) in [5.74, 6) is -0.696. The molecule has 2 rings (SSSR count). The molecular formula is C11H14O4. The summed E-state index contributed by atoms with van der Waals surface area (Å²) in [6, 6.07) is 1.39. The molecule has 1 aromatic heterocycles. The summed E-state index contributed by atoms with van der Waals surface area (Å²) >= 11 is 0. The Morgan fingerprint density at radius 2 is 2.33 bits per heavy atom. The number of aromatic carboxylic acids is 1. The third-order valence-corrected chi connectivity index (χ3v) is 3.08. The molecule has 1 aliphatic rings. The Balaban J connectivity index is 2.41. The first-order valence-corrected chi connectivity index (χ1v) is 5.13. The predicted molar refractivity (Wildman–Crippen MR) is 52.6 cm³/mol. The molecule has 0 aliphatic heterocycles. The number of furan rings is 1. The molecule has 1 atom stereocenters. The quantitative estimate of drug-likeness (QED) is 0.797. The minimum absolute atomic E-state index is 0.0752. The molecule has 1 fully saturated rings. The van der Waals surface area contributed by atoms with Crippen molar-refractivity contribution in [2.75, 3.05) is 0 Å². The maximum absolute atomic E-state index is 10.9. The van der Waals surface area contributed by atoms with E-state index in [0.29, 0.717) is 6.42 Å². The van der Waals surface area contributed by atoms with Gasteiger partial charge in [-0.3, -0.25) is 0 Å². The topological polar surface area (TPSA) is 70.7 Å². The fraction of sp³-hybridized carbons (Fsp3) is 0.545. The second kappa shape index (κ2) is 3.38.